The van der Waals surface area contributed by atoms with Gasteiger partial charge in [0.2, 0.25) is 0 Å². The molecule has 0 spiro atoms. The molecule has 0 saturated heterocycles. The standard InChI is InChI=1S/C14H11Cl2N5O/c1-8(13-20-19-11-4-2-3-7-21(11)13)17-14(22)12-9(15)5-6-10(16)18-12/h2-8H,1H3,(H,17,22)/t8-/m0/s1. The Bertz CT molecular complexity index is 848. The highest BCUT2D eigenvalue weighted by Crippen LogP contribution is 2.18. The third-order valence-corrected chi connectivity index (χ3v) is 3.62. The topological polar surface area (TPSA) is 72.2 Å². The molecule has 22 heavy (non-hydrogen) atoms. The normalized spacial score (nSPS) is 12.3. The van der Waals surface area contributed by atoms with Crippen molar-refractivity contribution in [2.45, 2.75) is 13.0 Å². The van der Waals surface area contributed by atoms with Crippen molar-refractivity contribution in [2.75, 3.05) is 0 Å². The molecule has 3 aromatic rings. The molecular weight excluding hydrogens is 325 g/mol. The fourth-order valence-electron chi connectivity index (χ4n) is 2.06. The van der Waals surface area contributed by atoms with Crippen molar-refractivity contribution in [1.29, 1.82) is 0 Å². The van der Waals surface area contributed by atoms with Gasteiger partial charge in [-0.15, -0.1) is 10.2 Å². The van der Waals surface area contributed by atoms with E-state index in [4.69, 9.17) is 23.2 Å². The highest BCUT2D eigenvalue weighted by molar-refractivity contribution is 6.34. The van der Waals surface area contributed by atoms with Crippen molar-refractivity contribution < 1.29 is 4.79 Å². The van der Waals surface area contributed by atoms with Crippen LogP contribution in [-0.4, -0.2) is 25.5 Å². The van der Waals surface area contributed by atoms with Crippen LogP contribution in [0.15, 0.2) is 36.5 Å². The Balaban J connectivity index is 1.86. The molecule has 0 unspecified atom stereocenters. The number of rotatable bonds is 3. The Morgan fingerprint density at radius 3 is 2.86 bits per heavy atom. The van der Waals surface area contributed by atoms with Crippen molar-refractivity contribution in [3.8, 4) is 0 Å². The van der Waals surface area contributed by atoms with Crippen LogP contribution < -0.4 is 5.32 Å². The van der Waals surface area contributed by atoms with E-state index >= 15 is 0 Å². The maximum absolute atomic E-state index is 12.3. The summed E-state index contributed by atoms with van der Waals surface area (Å²) in [4.78, 5) is 16.2. The summed E-state index contributed by atoms with van der Waals surface area (Å²) in [5.74, 6) is 0.190. The number of nitrogens with one attached hydrogen (secondary N) is 1. The molecule has 1 atom stereocenters. The van der Waals surface area contributed by atoms with E-state index in [0.717, 1.165) is 0 Å². The number of carbonyl (C=O) groups is 1. The molecule has 1 amide bonds. The summed E-state index contributed by atoms with van der Waals surface area (Å²) in [6, 6.07) is 8.25. The Hall–Kier alpha value is -2.18. The summed E-state index contributed by atoms with van der Waals surface area (Å²) in [7, 11) is 0. The molecule has 0 bridgehead atoms. The largest absolute Gasteiger partial charge is 0.341 e. The van der Waals surface area contributed by atoms with Gasteiger partial charge in [-0.05, 0) is 31.2 Å². The Labute approximate surface area is 136 Å². The van der Waals surface area contributed by atoms with Crippen molar-refractivity contribution in [1.82, 2.24) is 24.9 Å². The molecule has 0 aromatic carbocycles. The lowest BCUT2D eigenvalue weighted by Crippen LogP contribution is -2.29. The second kappa shape index (κ2) is 5.90. The minimum absolute atomic E-state index is 0.0786. The van der Waals surface area contributed by atoms with Gasteiger partial charge in [-0.3, -0.25) is 9.20 Å². The van der Waals surface area contributed by atoms with Gasteiger partial charge in [-0.1, -0.05) is 29.3 Å². The predicted molar refractivity (Wildman–Crippen MR) is 83.1 cm³/mol. The number of carbonyl (C=O) groups excluding carboxylic acids is 1. The number of nitrogens with zero attached hydrogens (tertiary/aromatic N) is 4. The number of amides is 1. The van der Waals surface area contributed by atoms with Crippen molar-refractivity contribution in [2.24, 2.45) is 0 Å². The van der Waals surface area contributed by atoms with Crippen LogP contribution in [0, 0.1) is 0 Å². The monoisotopic (exact) mass is 335 g/mol. The van der Waals surface area contributed by atoms with E-state index in [2.05, 4.69) is 20.5 Å². The zero-order valence-corrected chi connectivity index (χ0v) is 13.0. The Morgan fingerprint density at radius 2 is 2.05 bits per heavy atom. The second-order valence-corrected chi connectivity index (χ2v) is 5.44. The lowest BCUT2D eigenvalue weighted by atomic mass is 10.2. The molecule has 6 nitrogen and oxygen atoms in total. The van der Waals surface area contributed by atoms with E-state index in [1.807, 2.05) is 24.4 Å². The van der Waals surface area contributed by atoms with E-state index in [-0.39, 0.29) is 21.9 Å². The zero-order valence-electron chi connectivity index (χ0n) is 11.5. The molecule has 3 heterocycles. The van der Waals surface area contributed by atoms with E-state index < -0.39 is 5.91 Å². The molecular formula is C14H11Cl2N5O. The van der Waals surface area contributed by atoms with Crippen LogP contribution in [0.5, 0.6) is 0 Å². The van der Waals surface area contributed by atoms with Gasteiger partial charge in [0.15, 0.2) is 11.5 Å². The van der Waals surface area contributed by atoms with E-state index in [9.17, 15) is 4.79 Å². The molecule has 3 rings (SSSR count). The summed E-state index contributed by atoms with van der Waals surface area (Å²) in [5.41, 5.74) is 0.785. The minimum Gasteiger partial charge on any atom is -0.341 e. The molecule has 8 heteroatoms. The lowest BCUT2D eigenvalue weighted by molar-refractivity contribution is 0.0933. The van der Waals surface area contributed by atoms with Crippen LogP contribution in [0.4, 0.5) is 0 Å². The van der Waals surface area contributed by atoms with Gasteiger partial charge >= 0.3 is 0 Å². The number of hydrogen-bond acceptors (Lipinski definition) is 4. The zero-order chi connectivity index (χ0) is 15.7. The maximum Gasteiger partial charge on any atom is 0.272 e. The Kier molecular flexibility index (Phi) is 3.96. The molecule has 0 aliphatic carbocycles. The quantitative estimate of drug-likeness (QED) is 0.747. The SMILES string of the molecule is C[C@H](NC(=O)c1nc(Cl)ccc1Cl)c1nnc2ccccn12. The first kappa shape index (κ1) is 14.7. The average Bonchev–Trinajstić information content (AvgIpc) is 2.93. The van der Waals surface area contributed by atoms with E-state index in [0.29, 0.717) is 11.5 Å². The highest BCUT2D eigenvalue weighted by Gasteiger charge is 2.19. The molecule has 1 N–H and O–H groups in total. The third kappa shape index (κ3) is 2.75. The Morgan fingerprint density at radius 1 is 1.23 bits per heavy atom. The minimum atomic E-state index is -0.423. The highest BCUT2D eigenvalue weighted by atomic mass is 35.5. The number of hydrogen-bond donors (Lipinski definition) is 1. The van der Waals surface area contributed by atoms with Gasteiger partial charge in [0.25, 0.3) is 5.91 Å². The molecule has 0 aliphatic heterocycles. The molecule has 0 saturated carbocycles. The van der Waals surface area contributed by atoms with Gasteiger partial charge in [-0.2, -0.15) is 0 Å². The van der Waals surface area contributed by atoms with Gasteiger partial charge in [0.05, 0.1) is 11.1 Å². The predicted octanol–water partition coefficient (Wildman–Crippen LogP) is 2.92. The summed E-state index contributed by atoms with van der Waals surface area (Å²) in [6.07, 6.45) is 1.83. The third-order valence-electron chi connectivity index (χ3n) is 3.10. The molecule has 0 radical (unpaired) electrons. The molecule has 0 fully saturated rings. The van der Waals surface area contributed by atoms with Crippen molar-refractivity contribution in [3.63, 3.8) is 0 Å². The van der Waals surface area contributed by atoms with E-state index in [1.165, 1.54) is 12.1 Å². The van der Waals surface area contributed by atoms with Crippen molar-refractivity contribution in [3.05, 3.63) is 58.2 Å². The van der Waals surface area contributed by atoms with Crippen LogP contribution in [0.1, 0.15) is 29.3 Å². The van der Waals surface area contributed by atoms with E-state index in [1.54, 1.807) is 11.3 Å². The molecule has 0 aliphatic rings. The number of fused-ring (bicyclic) bond motifs is 1. The average molecular weight is 336 g/mol. The summed E-state index contributed by atoms with van der Waals surface area (Å²) >= 11 is 11.8. The number of pyridine rings is 2. The lowest BCUT2D eigenvalue weighted by Gasteiger charge is -2.12. The second-order valence-electron chi connectivity index (χ2n) is 4.65. The summed E-state index contributed by atoms with van der Waals surface area (Å²) in [5, 5.41) is 11.4. The first-order valence-electron chi connectivity index (χ1n) is 6.49. The smallest absolute Gasteiger partial charge is 0.272 e. The van der Waals surface area contributed by atoms with Crippen LogP contribution in [0.3, 0.4) is 0 Å². The van der Waals surface area contributed by atoms with Crippen LogP contribution in [0.2, 0.25) is 10.2 Å². The summed E-state index contributed by atoms with van der Waals surface area (Å²) < 4.78 is 1.80. The van der Waals surface area contributed by atoms with Gasteiger partial charge < -0.3 is 5.32 Å². The number of aromatic nitrogens is 4. The van der Waals surface area contributed by atoms with Gasteiger partial charge in [-0.25, -0.2) is 4.98 Å². The maximum atomic E-state index is 12.3. The van der Waals surface area contributed by atoms with Gasteiger partial charge in [0, 0.05) is 6.20 Å². The first-order valence-corrected chi connectivity index (χ1v) is 7.24. The molecule has 3 aromatic heterocycles. The van der Waals surface area contributed by atoms with Crippen LogP contribution in [0.25, 0.3) is 5.65 Å². The van der Waals surface area contributed by atoms with Crippen LogP contribution in [-0.2, 0) is 0 Å². The van der Waals surface area contributed by atoms with Crippen LogP contribution >= 0.6 is 23.2 Å². The summed E-state index contributed by atoms with van der Waals surface area (Å²) in [6.45, 7) is 1.81. The number of halogens is 2. The fourth-order valence-corrected chi connectivity index (χ4v) is 2.40. The van der Waals surface area contributed by atoms with Crippen molar-refractivity contribution >= 4 is 34.8 Å². The first-order chi connectivity index (χ1) is 10.6. The fraction of sp³-hybridized carbons (Fsp3) is 0.143. The molecule has 112 valence electrons. The van der Waals surface area contributed by atoms with Gasteiger partial charge in [0.1, 0.15) is 10.8 Å².